The van der Waals surface area contributed by atoms with Gasteiger partial charge in [-0.1, -0.05) is 11.6 Å². The minimum absolute atomic E-state index is 0.132. The lowest BCUT2D eigenvalue weighted by Gasteiger charge is -2.08. The predicted molar refractivity (Wildman–Crippen MR) is 80.6 cm³/mol. The van der Waals surface area contributed by atoms with Gasteiger partial charge in [-0.15, -0.1) is 0 Å². The zero-order valence-corrected chi connectivity index (χ0v) is 12.6. The van der Waals surface area contributed by atoms with Crippen molar-refractivity contribution in [1.82, 2.24) is 5.32 Å². The second kappa shape index (κ2) is 9.20. The Bertz CT molecular complexity index is 494. The van der Waals surface area contributed by atoms with Gasteiger partial charge in [-0.3, -0.25) is 9.59 Å². The van der Waals surface area contributed by atoms with Crippen molar-refractivity contribution in [2.24, 2.45) is 0 Å². The Morgan fingerprint density at radius 2 is 2.00 bits per heavy atom. The van der Waals surface area contributed by atoms with Crippen LogP contribution in [-0.2, 0) is 9.59 Å². The molecule has 116 valence electrons. The van der Waals surface area contributed by atoms with Crippen molar-refractivity contribution >= 4 is 29.1 Å². The molecule has 0 spiro atoms. The van der Waals surface area contributed by atoms with E-state index >= 15 is 0 Å². The lowest BCUT2D eigenvalue weighted by atomic mass is 10.2. The van der Waals surface area contributed by atoms with Crippen molar-refractivity contribution in [2.45, 2.75) is 19.3 Å². The molecule has 6 nitrogen and oxygen atoms in total. The molecule has 2 amide bonds. The Morgan fingerprint density at radius 1 is 1.24 bits per heavy atom. The zero-order chi connectivity index (χ0) is 15.7. The summed E-state index contributed by atoms with van der Waals surface area (Å²) in [6.07, 6.45) is 2.20. The third kappa shape index (κ3) is 6.01. The molecule has 21 heavy (non-hydrogen) atoms. The highest BCUT2D eigenvalue weighted by atomic mass is 35.5. The molecule has 3 N–H and O–H groups in total. The SMILES string of the molecule is COc1ccc(NC(=O)C(=O)NCCCCCO)cc1Cl. The number of benzene rings is 1. The van der Waals surface area contributed by atoms with E-state index in [4.69, 9.17) is 21.4 Å². The van der Waals surface area contributed by atoms with Crippen LogP contribution in [0.2, 0.25) is 5.02 Å². The summed E-state index contributed by atoms with van der Waals surface area (Å²) >= 11 is 5.93. The molecule has 0 fully saturated rings. The number of hydrogen-bond acceptors (Lipinski definition) is 4. The van der Waals surface area contributed by atoms with Gasteiger partial charge in [-0.05, 0) is 37.5 Å². The Labute approximate surface area is 128 Å². The third-order valence-corrected chi connectivity index (χ3v) is 3.03. The minimum Gasteiger partial charge on any atom is -0.495 e. The van der Waals surface area contributed by atoms with Gasteiger partial charge < -0.3 is 20.5 Å². The predicted octanol–water partition coefficient (Wildman–Crippen LogP) is 1.57. The number of halogens is 1. The second-order valence-corrected chi connectivity index (χ2v) is 4.75. The summed E-state index contributed by atoms with van der Waals surface area (Å²) in [4.78, 5) is 23.2. The number of anilines is 1. The minimum atomic E-state index is -0.751. The molecule has 0 aliphatic carbocycles. The lowest BCUT2D eigenvalue weighted by molar-refractivity contribution is -0.136. The number of methoxy groups -OCH3 is 1. The third-order valence-electron chi connectivity index (χ3n) is 2.74. The van der Waals surface area contributed by atoms with Crippen molar-refractivity contribution in [1.29, 1.82) is 0 Å². The zero-order valence-electron chi connectivity index (χ0n) is 11.8. The van der Waals surface area contributed by atoms with E-state index in [0.29, 0.717) is 35.8 Å². The fraction of sp³-hybridized carbons (Fsp3) is 0.429. The van der Waals surface area contributed by atoms with Gasteiger partial charge in [-0.2, -0.15) is 0 Å². The number of amides is 2. The number of nitrogens with one attached hydrogen (secondary N) is 2. The summed E-state index contributed by atoms with van der Waals surface area (Å²) in [6.45, 7) is 0.530. The quantitative estimate of drug-likeness (QED) is 0.526. The number of rotatable bonds is 7. The van der Waals surface area contributed by atoms with E-state index in [1.807, 2.05) is 0 Å². The Kier molecular flexibility index (Phi) is 7.56. The van der Waals surface area contributed by atoms with Gasteiger partial charge in [0.2, 0.25) is 0 Å². The highest BCUT2D eigenvalue weighted by molar-refractivity contribution is 6.40. The van der Waals surface area contributed by atoms with Crippen LogP contribution in [0.25, 0.3) is 0 Å². The largest absolute Gasteiger partial charge is 0.495 e. The number of aliphatic hydroxyl groups excluding tert-OH is 1. The van der Waals surface area contributed by atoms with Gasteiger partial charge in [0.25, 0.3) is 0 Å². The van der Waals surface area contributed by atoms with Gasteiger partial charge in [0.05, 0.1) is 12.1 Å². The van der Waals surface area contributed by atoms with E-state index in [-0.39, 0.29) is 6.61 Å². The fourth-order valence-corrected chi connectivity index (χ4v) is 1.89. The molecule has 0 bridgehead atoms. The Balaban J connectivity index is 2.41. The van der Waals surface area contributed by atoms with Crippen LogP contribution in [-0.4, -0.2) is 37.2 Å². The summed E-state index contributed by atoms with van der Waals surface area (Å²) < 4.78 is 5.00. The summed E-state index contributed by atoms with van der Waals surface area (Å²) in [7, 11) is 1.49. The van der Waals surface area contributed by atoms with Crippen LogP contribution in [0.3, 0.4) is 0 Å². The molecular formula is C14H19ClN2O4. The average Bonchev–Trinajstić information content (AvgIpc) is 2.47. The molecule has 0 aliphatic heterocycles. The monoisotopic (exact) mass is 314 g/mol. The average molecular weight is 315 g/mol. The van der Waals surface area contributed by atoms with E-state index in [0.717, 1.165) is 6.42 Å². The van der Waals surface area contributed by atoms with E-state index in [9.17, 15) is 9.59 Å². The number of ether oxygens (including phenoxy) is 1. The Hall–Kier alpha value is -1.79. The molecule has 7 heteroatoms. The van der Waals surface area contributed by atoms with Gasteiger partial charge in [0.15, 0.2) is 0 Å². The number of hydrogen-bond donors (Lipinski definition) is 3. The first kappa shape index (κ1) is 17.3. The van der Waals surface area contributed by atoms with E-state index in [1.165, 1.54) is 13.2 Å². The van der Waals surface area contributed by atoms with Crippen LogP contribution < -0.4 is 15.4 Å². The van der Waals surface area contributed by atoms with Crippen LogP contribution in [0.15, 0.2) is 18.2 Å². The number of carbonyl (C=O) groups is 2. The number of unbranched alkanes of at least 4 members (excludes halogenated alkanes) is 2. The molecule has 0 aromatic heterocycles. The first-order valence-corrected chi connectivity index (χ1v) is 7.00. The van der Waals surface area contributed by atoms with E-state index < -0.39 is 11.8 Å². The molecule has 0 saturated heterocycles. The van der Waals surface area contributed by atoms with Crippen LogP contribution in [0, 0.1) is 0 Å². The highest BCUT2D eigenvalue weighted by Crippen LogP contribution is 2.27. The van der Waals surface area contributed by atoms with Crippen LogP contribution in [0.4, 0.5) is 5.69 Å². The molecule has 0 aliphatic rings. The topological polar surface area (TPSA) is 87.7 Å². The first-order chi connectivity index (χ1) is 10.1. The molecule has 0 radical (unpaired) electrons. The van der Waals surface area contributed by atoms with Crippen molar-refractivity contribution in [3.8, 4) is 5.75 Å². The lowest BCUT2D eigenvalue weighted by Crippen LogP contribution is -2.35. The smallest absolute Gasteiger partial charge is 0.313 e. The molecule has 1 rings (SSSR count). The maximum absolute atomic E-state index is 11.7. The van der Waals surface area contributed by atoms with Gasteiger partial charge in [0, 0.05) is 18.8 Å². The molecule has 0 atom stereocenters. The molecule has 1 aromatic carbocycles. The standard InChI is InChI=1S/C14H19ClN2O4/c1-21-12-6-5-10(9-11(12)15)17-14(20)13(19)16-7-3-2-4-8-18/h5-6,9,18H,2-4,7-8H2,1H3,(H,16,19)(H,17,20). The maximum atomic E-state index is 11.7. The molecule has 0 unspecified atom stereocenters. The Morgan fingerprint density at radius 3 is 2.62 bits per heavy atom. The number of carbonyl (C=O) groups excluding carboxylic acids is 2. The second-order valence-electron chi connectivity index (χ2n) is 4.34. The highest BCUT2D eigenvalue weighted by Gasteiger charge is 2.13. The molecular weight excluding hydrogens is 296 g/mol. The summed E-state index contributed by atoms with van der Waals surface area (Å²) in [5.74, 6) is -0.965. The van der Waals surface area contributed by atoms with Gasteiger partial charge in [-0.25, -0.2) is 0 Å². The molecule has 0 heterocycles. The van der Waals surface area contributed by atoms with Crippen molar-refractivity contribution in [2.75, 3.05) is 25.6 Å². The van der Waals surface area contributed by atoms with Crippen molar-refractivity contribution in [3.05, 3.63) is 23.2 Å². The van der Waals surface area contributed by atoms with Crippen LogP contribution in [0.5, 0.6) is 5.75 Å². The maximum Gasteiger partial charge on any atom is 0.313 e. The first-order valence-electron chi connectivity index (χ1n) is 6.62. The van der Waals surface area contributed by atoms with Gasteiger partial charge in [0.1, 0.15) is 5.75 Å². The fourth-order valence-electron chi connectivity index (χ4n) is 1.63. The van der Waals surface area contributed by atoms with Crippen molar-refractivity contribution < 1.29 is 19.4 Å². The molecule has 1 aromatic rings. The van der Waals surface area contributed by atoms with Gasteiger partial charge >= 0.3 is 11.8 Å². The number of aliphatic hydroxyl groups is 1. The van der Waals surface area contributed by atoms with Crippen LogP contribution in [0.1, 0.15) is 19.3 Å². The summed E-state index contributed by atoms with van der Waals surface area (Å²) in [5, 5.41) is 13.9. The summed E-state index contributed by atoms with van der Waals surface area (Å²) in [6, 6.07) is 4.70. The van der Waals surface area contributed by atoms with Crippen LogP contribution >= 0.6 is 11.6 Å². The normalized spacial score (nSPS) is 10.0. The van der Waals surface area contributed by atoms with E-state index in [1.54, 1.807) is 12.1 Å². The van der Waals surface area contributed by atoms with E-state index in [2.05, 4.69) is 10.6 Å². The summed E-state index contributed by atoms with van der Waals surface area (Å²) in [5.41, 5.74) is 0.418. The molecule has 0 saturated carbocycles. The van der Waals surface area contributed by atoms with Crippen molar-refractivity contribution in [3.63, 3.8) is 0 Å².